The lowest BCUT2D eigenvalue weighted by Crippen LogP contribution is -2.26. The monoisotopic (exact) mass is 416 g/mol. The molecule has 5 nitrogen and oxygen atoms in total. The molecule has 0 saturated heterocycles. The van der Waals surface area contributed by atoms with Gasteiger partial charge in [-0.1, -0.05) is 28.1 Å². The standard InChI is InChI=1S/C20H21BrN2O3/c1-14(16-5-3-6-17(21)12-16)23-20(24)7-4-10-26-18-9-8-15(13-22)11-19(18)25-2/h3,5-6,8-9,11-12,14H,4,7,10H2,1-2H3,(H,23,24)/t14-/m1/s1. The molecule has 0 bridgehead atoms. The number of hydrogen-bond acceptors (Lipinski definition) is 4. The number of carbonyl (C=O) groups excluding carboxylic acids is 1. The SMILES string of the molecule is COc1cc(C#N)ccc1OCCCC(=O)N[C@H](C)c1cccc(Br)c1. The third kappa shape index (κ3) is 5.78. The number of methoxy groups -OCH3 is 1. The smallest absolute Gasteiger partial charge is 0.220 e. The molecule has 0 fully saturated rings. The Hall–Kier alpha value is -2.52. The lowest BCUT2D eigenvalue weighted by molar-refractivity contribution is -0.121. The van der Waals surface area contributed by atoms with Gasteiger partial charge in [0, 0.05) is 17.0 Å². The van der Waals surface area contributed by atoms with Crippen LogP contribution in [-0.2, 0) is 4.79 Å². The van der Waals surface area contributed by atoms with Crippen LogP contribution in [0.4, 0.5) is 0 Å². The summed E-state index contributed by atoms with van der Waals surface area (Å²) >= 11 is 3.43. The van der Waals surface area contributed by atoms with Crippen LogP contribution in [0, 0.1) is 11.3 Å². The molecule has 0 aliphatic heterocycles. The molecule has 0 unspecified atom stereocenters. The van der Waals surface area contributed by atoms with Crippen molar-refractivity contribution in [1.29, 1.82) is 5.26 Å². The van der Waals surface area contributed by atoms with E-state index in [-0.39, 0.29) is 11.9 Å². The number of ether oxygens (including phenoxy) is 2. The first-order valence-electron chi connectivity index (χ1n) is 8.29. The van der Waals surface area contributed by atoms with E-state index in [0.29, 0.717) is 36.5 Å². The number of carbonyl (C=O) groups is 1. The fourth-order valence-electron chi connectivity index (χ4n) is 2.44. The van der Waals surface area contributed by atoms with Gasteiger partial charge in [-0.05, 0) is 43.2 Å². The van der Waals surface area contributed by atoms with Gasteiger partial charge >= 0.3 is 0 Å². The van der Waals surface area contributed by atoms with Crippen molar-refractivity contribution in [1.82, 2.24) is 5.32 Å². The summed E-state index contributed by atoms with van der Waals surface area (Å²) < 4.78 is 11.9. The molecule has 136 valence electrons. The minimum atomic E-state index is -0.0560. The lowest BCUT2D eigenvalue weighted by atomic mass is 10.1. The quantitative estimate of drug-likeness (QED) is 0.648. The number of rotatable bonds is 8. The van der Waals surface area contributed by atoms with Crippen LogP contribution in [0.25, 0.3) is 0 Å². The molecule has 0 heterocycles. The Bertz CT molecular complexity index is 802. The van der Waals surface area contributed by atoms with Crippen LogP contribution in [0.15, 0.2) is 46.9 Å². The van der Waals surface area contributed by atoms with Gasteiger partial charge in [-0.3, -0.25) is 4.79 Å². The van der Waals surface area contributed by atoms with Crippen molar-refractivity contribution in [3.63, 3.8) is 0 Å². The number of benzene rings is 2. The largest absolute Gasteiger partial charge is 0.493 e. The molecule has 26 heavy (non-hydrogen) atoms. The fourth-order valence-corrected chi connectivity index (χ4v) is 2.86. The molecule has 0 aromatic heterocycles. The number of halogens is 1. The molecule has 2 rings (SSSR count). The van der Waals surface area contributed by atoms with Crippen LogP contribution in [-0.4, -0.2) is 19.6 Å². The second-order valence-corrected chi connectivity index (χ2v) is 6.69. The van der Waals surface area contributed by atoms with E-state index in [1.54, 1.807) is 18.2 Å². The van der Waals surface area contributed by atoms with Crippen LogP contribution in [0.5, 0.6) is 11.5 Å². The van der Waals surface area contributed by atoms with E-state index >= 15 is 0 Å². The summed E-state index contributed by atoms with van der Waals surface area (Å²) in [6.45, 7) is 2.35. The number of nitrogens with one attached hydrogen (secondary N) is 1. The molecule has 0 radical (unpaired) electrons. The van der Waals surface area contributed by atoms with Crippen LogP contribution < -0.4 is 14.8 Å². The van der Waals surface area contributed by atoms with Crippen LogP contribution in [0.3, 0.4) is 0 Å². The third-order valence-corrected chi connectivity index (χ3v) is 4.32. The molecule has 2 aromatic rings. The number of nitriles is 1. The summed E-state index contributed by atoms with van der Waals surface area (Å²) in [5.41, 5.74) is 1.56. The Morgan fingerprint density at radius 3 is 2.77 bits per heavy atom. The van der Waals surface area contributed by atoms with Gasteiger partial charge in [-0.15, -0.1) is 0 Å². The van der Waals surface area contributed by atoms with Crippen molar-refractivity contribution in [2.24, 2.45) is 0 Å². The predicted octanol–water partition coefficient (Wildman–Crippen LogP) is 4.37. The zero-order valence-corrected chi connectivity index (χ0v) is 16.4. The maximum atomic E-state index is 12.1. The van der Waals surface area contributed by atoms with Gasteiger partial charge in [0.1, 0.15) is 0 Å². The number of nitrogens with zero attached hydrogens (tertiary/aromatic N) is 1. The second kappa shape index (κ2) is 9.83. The van der Waals surface area contributed by atoms with Crippen molar-refractivity contribution < 1.29 is 14.3 Å². The summed E-state index contributed by atoms with van der Waals surface area (Å²) in [5.74, 6) is 1.05. The Labute approximate surface area is 162 Å². The summed E-state index contributed by atoms with van der Waals surface area (Å²) in [4.78, 5) is 12.1. The number of hydrogen-bond donors (Lipinski definition) is 1. The van der Waals surface area contributed by atoms with E-state index in [1.807, 2.05) is 31.2 Å². The predicted molar refractivity (Wildman–Crippen MR) is 103 cm³/mol. The van der Waals surface area contributed by atoms with E-state index in [0.717, 1.165) is 10.0 Å². The lowest BCUT2D eigenvalue weighted by Gasteiger charge is -2.15. The van der Waals surface area contributed by atoms with E-state index in [4.69, 9.17) is 14.7 Å². The Morgan fingerprint density at radius 2 is 2.08 bits per heavy atom. The molecule has 2 aromatic carbocycles. The van der Waals surface area contributed by atoms with Crippen molar-refractivity contribution in [3.05, 3.63) is 58.1 Å². The van der Waals surface area contributed by atoms with Gasteiger partial charge in [-0.2, -0.15) is 5.26 Å². The maximum absolute atomic E-state index is 12.1. The highest BCUT2D eigenvalue weighted by Crippen LogP contribution is 2.28. The molecule has 6 heteroatoms. The molecule has 0 aliphatic rings. The summed E-state index contributed by atoms with van der Waals surface area (Å²) in [6, 6.07) is 14.9. The van der Waals surface area contributed by atoms with Crippen molar-refractivity contribution in [2.75, 3.05) is 13.7 Å². The van der Waals surface area contributed by atoms with Gasteiger partial charge in [0.15, 0.2) is 11.5 Å². The summed E-state index contributed by atoms with van der Waals surface area (Å²) in [5, 5.41) is 11.9. The second-order valence-electron chi connectivity index (χ2n) is 5.77. The minimum Gasteiger partial charge on any atom is -0.493 e. The molecule has 1 atom stereocenters. The molecule has 1 N–H and O–H groups in total. The van der Waals surface area contributed by atoms with Gasteiger partial charge in [0.2, 0.25) is 5.91 Å². The van der Waals surface area contributed by atoms with Gasteiger partial charge in [0.25, 0.3) is 0 Å². The third-order valence-electron chi connectivity index (χ3n) is 3.82. The first-order chi connectivity index (χ1) is 12.5. The van der Waals surface area contributed by atoms with Crippen LogP contribution >= 0.6 is 15.9 Å². The van der Waals surface area contributed by atoms with Gasteiger partial charge in [-0.25, -0.2) is 0 Å². The van der Waals surface area contributed by atoms with E-state index < -0.39 is 0 Å². The molecule has 0 saturated carbocycles. The van der Waals surface area contributed by atoms with E-state index in [1.165, 1.54) is 7.11 Å². The Balaban J connectivity index is 1.77. The van der Waals surface area contributed by atoms with Gasteiger partial charge < -0.3 is 14.8 Å². The Kier molecular flexibility index (Phi) is 7.49. The Morgan fingerprint density at radius 1 is 1.27 bits per heavy atom. The van der Waals surface area contributed by atoms with Crippen molar-refractivity contribution >= 4 is 21.8 Å². The normalized spacial score (nSPS) is 11.3. The number of amides is 1. The average molecular weight is 417 g/mol. The average Bonchev–Trinajstić information content (AvgIpc) is 2.65. The first kappa shape index (κ1) is 19.8. The topological polar surface area (TPSA) is 71.3 Å². The molecule has 1 amide bonds. The maximum Gasteiger partial charge on any atom is 0.220 e. The highest BCUT2D eigenvalue weighted by molar-refractivity contribution is 9.10. The van der Waals surface area contributed by atoms with E-state index in [2.05, 4.69) is 27.3 Å². The van der Waals surface area contributed by atoms with Crippen LogP contribution in [0.2, 0.25) is 0 Å². The molecule has 0 spiro atoms. The van der Waals surface area contributed by atoms with Crippen molar-refractivity contribution in [2.45, 2.75) is 25.8 Å². The molecular weight excluding hydrogens is 396 g/mol. The zero-order valence-electron chi connectivity index (χ0n) is 14.8. The summed E-state index contributed by atoms with van der Waals surface area (Å²) in [6.07, 6.45) is 0.955. The zero-order chi connectivity index (χ0) is 18.9. The molecule has 0 aliphatic carbocycles. The first-order valence-corrected chi connectivity index (χ1v) is 9.08. The molecular formula is C20H21BrN2O3. The van der Waals surface area contributed by atoms with Crippen molar-refractivity contribution in [3.8, 4) is 17.6 Å². The highest BCUT2D eigenvalue weighted by atomic mass is 79.9. The summed E-state index contributed by atoms with van der Waals surface area (Å²) in [7, 11) is 1.53. The minimum absolute atomic E-state index is 0.0205. The fraction of sp³-hybridized carbons (Fsp3) is 0.300. The van der Waals surface area contributed by atoms with Crippen LogP contribution in [0.1, 0.15) is 36.9 Å². The van der Waals surface area contributed by atoms with E-state index in [9.17, 15) is 4.79 Å². The van der Waals surface area contributed by atoms with Gasteiger partial charge in [0.05, 0.1) is 31.4 Å². The highest BCUT2D eigenvalue weighted by Gasteiger charge is 2.10.